The molecule has 0 saturated carbocycles. The molecule has 0 saturated heterocycles. The van der Waals surface area contributed by atoms with Crippen LogP contribution in [0.5, 0.6) is 0 Å². The number of hydrogen-bond acceptors (Lipinski definition) is 3. The number of nitrogens with one attached hydrogen (secondary N) is 1. The van der Waals surface area contributed by atoms with Gasteiger partial charge in [0.1, 0.15) is 5.82 Å². The van der Waals surface area contributed by atoms with Crippen molar-refractivity contribution in [1.29, 1.82) is 0 Å². The summed E-state index contributed by atoms with van der Waals surface area (Å²) in [7, 11) is -0.858. The Labute approximate surface area is 91.3 Å². The lowest BCUT2D eigenvalue weighted by atomic mass is 10.2. The van der Waals surface area contributed by atoms with E-state index in [0.29, 0.717) is 17.1 Å². The molecule has 0 bridgehead atoms. The van der Waals surface area contributed by atoms with Gasteiger partial charge in [0.2, 0.25) is 0 Å². The van der Waals surface area contributed by atoms with Gasteiger partial charge < -0.3 is 11.1 Å². The first-order valence-electron chi connectivity index (χ1n) is 4.60. The zero-order chi connectivity index (χ0) is 11.4. The number of benzene rings is 1. The Bertz CT molecular complexity index is 370. The van der Waals surface area contributed by atoms with Gasteiger partial charge in [-0.1, -0.05) is 0 Å². The topological polar surface area (TPSA) is 55.1 Å². The number of rotatable bonds is 4. The molecule has 2 unspecified atom stereocenters. The van der Waals surface area contributed by atoms with Crippen LogP contribution < -0.4 is 11.1 Å². The Morgan fingerprint density at radius 2 is 2.27 bits per heavy atom. The van der Waals surface area contributed by atoms with Crippen molar-refractivity contribution in [2.45, 2.75) is 13.0 Å². The smallest absolute Gasteiger partial charge is 0.125 e. The van der Waals surface area contributed by atoms with Crippen LogP contribution in [0.15, 0.2) is 18.2 Å². The summed E-state index contributed by atoms with van der Waals surface area (Å²) in [6.45, 7) is 1.91. The minimum absolute atomic E-state index is 0.0450. The molecule has 2 atom stereocenters. The molecule has 15 heavy (non-hydrogen) atoms. The van der Waals surface area contributed by atoms with Crippen molar-refractivity contribution in [3.63, 3.8) is 0 Å². The van der Waals surface area contributed by atoms with E-state index in [1.165, 1.54) is 12.1 Å². The second kappa shape index (κ2) is 5.11. The third-order valence-corrected chi connectivity index (χ3v) is 2.87. The van der Waals surface area contributed by atoms with E-state index in [-0.39, 0.29) is 11.9 Å². The summed E-state index contributed by atoms with van der Waals surface area (Å²) in [4.78, 5) is 0. The van der Waals surface area contributed by atoms with Gasteiger partial charge in [-0.25, -0.2) is 4.39 Å². The van der Waals surface area contributed by atoms with E-state index in [9.17, 15) is 8.60 Å². The predicted octanol–water partition coefficient (Wildman–Crippen LogP) is 1.59. The van der Waals surface area contributed by atoms with E-state index in [0.717, 1.165) is 0 Å². The summed E-state index contributed by atoms with van der Waals surface area (Å²) in [5.74, 6) is 0.182. The molecule has 0 aromatic heterocycles. The highest BCUT2D eigenvalue weighted by Crippen LogP contribution is 2.19. The number of halogens is 1. The number of anilines is 2. The highest BCUT2D eigenvalue weighted by Gasteiger charge is 2.06. The fraction of sp³-hybridized carbons (Fsp3) is 0.400. The van der Waals surface area contributed by atoms with Gasteiger partial charge in [-0.3, -0.25) is 4.21 Å². The molecule has 0 heterocycles. The molecular formula is C10H15FN2OS. The van der Waals surface area contributed by atoms with Gasteiger partial charge >= 0.3 is 0 Å². The van der Waals surface area contributed by atoms with Crippen molar-refractivity contribution in [1.82, 2.24) is 0 Å². The van der Waals surface area contributed by atoms with Gasteiger partial charge in [0.15, 0.2) is 0 Å². The summed E-state index contributed by atoms with van der Waals surface area (Å²) < 4.78 is 23.7. The Hall–Kier alpha value is -1.10. The average Bonchev–Trinajstić information content (AvgIpc) is 2.08. The van der Waals surface area contributed by atoms with Gasteiger partial charge in [0.05, 0.1) is 11.4 Å². The van der Waals surface area contributed by atoms with Gasteiger partial charge in [-0.2, -0.15) is 0 Å². The Balaban J connectivity index is 2.68. The third kappa shape index (κ3) is 3.87. The maximum Gasteiger partial charge on any atom is 0.125 e. The van der Waals surface area contributed by atoms with Gasteiger partial charge in [0.25, 0.3) is 0 Å². The summed E-state index contributed by atoms with van der Waals surface area (Å²) in [5.41, 5.74) is 6.66. The molecular weight excluding hydrogens is 215 g/mol. The van der Waals surface area contributed by atoms with Crippen LogP contribution in [0.3, 0.4) is 0 Å². The molecule has 5 heteroatoms. The summed E-state index contributed by atoms with van der Waals surface area (Å²) in [5, 5.41) is 3.08. The lowest BCUT2D eigenvalue weighted by Gasteiger charge is -2.15. The standard InChI is InChI=1S/C10H15FN2OS/c1-7(6-15(2)14)13-10-4-3-8(11)5-9(10)12/h3-5,7,13H,6,12H2,1-2H3. The van der Waals surface area contributed by atoms with Crippen molar-refractivity contribution in [3.05, 3.63) is 24.0 Å². The highest BCUT2D eigenvalue weighted by atomic mass is 32.2. The molecule has 1 aromatic rings. The highest BCUT2D eigenvalue weighted by molar-refractivity contribution is 7.84. The Morgan fingerprint density at radius 1 is 1.60 bits per heavy atom. The van der Waals surface area contributed by atoms with Gasteiger partial charge in [0, 0.05) is 28.9 Å². The van der Waals surface area contributed by atoms with E-state index >= 15 is 0 Å². The van der Waals surface area contributed by atoms with Crippen LogP contribution in [0.2, 0.25) is 0 Å². The number of nitrogen functional groups attached to an aromatic ring is 1. The molecule has 0 fully saturated rings. The Kier molecular flexibility index (Phi) is 4.08. The molecule has 0 spiro atoms. The van der Waals surface area contributed by atoms with E-state index in [1.54, 1.807) is 12.3 Å². The summed E-state index contributed by atoms with van der Waals surface area (Å²) in [6.07, 6.45) is 1.65. The molecule has 0 amide bonds. The quantitative estimate of drug-likeness (QED) is 0.772. The Morgan fingerprint density at radius 3 is 2.80 bits per heavy atom. The number of nitrogens with two attached hydrogens (primary N) is 1. The van der Waals surface area contributed by atoms with Crippen molar-refractivity contribution < 1.29 is 8.60 Å². The van der Waals surface area contributed by atoms with Crippen molar-refractivity contribution in [2.75, 3.05) is 23.1 Å². The molecule has 0 aliphatic rings. The summed E-state index contributed by atoms with van der Waals surface area (Å²) in [6, 6.07) is 4.23. The zero-order valence-electron chi connectivity index (χ0n) is 8.79. The minimum Gasteiger partial charge on any atom is -0.397 e. The second-order valence-corrected chi connectivity index (χ2v) is 5.00. The lowest BCUT2D eigenvalue weighted by Crippen LogP contribution is -2.22. The third-order valence-electron chi connectivity index (χ3n) is 1.90. The summed E-state index contributed by atoms with van der Waals surface area (Å²) >= 11 is 0. The fourth-order valence-corrected chi connectivity index (χ4v) is 2.11. The van der Waals surface area contributed by atoms with Gasteiger partial charge in [-0.05, 0) is 25.1 Å². The maximum absolute atomic E-state index is 12.7. The SMILES string of the molecule is CC(CS(C)=O)Nc1ccc(F)cc1N. The molecule has 0 aliphatic heterocycles. The van der Waals surface area contributed by atoms with E-state index < -0.39 is 10.8 Å². The van der Waals surface area contributed by atoms with Crippen molar-refractivity contribution >= 4 is 22.2 Å². The maximum atomic E-state index is 12.7. The van der Waals surface area contributed by atoms with Gasteiger partial charge in [-0.15, -0.1) is 0 Å². The zero-order valence-corrected chi connectivity index (χ0v) is 9.60. The van der Waals surface area contributed by atoms with Crippen LogP contribution in [-0.4, -0.2) is 22.3 Å². The molecule has 84 valence electrons. The molecule has 1 aromatic carbocycles. The van der Waals surface area contributed by atoms with Crippen LogP contribution in [0.1, 0.15) is 6.92 Å². The van der Waals surface area contributed by atoms with Crippen LogP contribution in [0.4, 0.5) is 15.8 Å². The fourth-order valence-electron chi connectivity index (χ4n) is 1.32. The molecule has 3 N–H and O–H groups in total. The van der Waals surface area contributed by atoms with Crippen molar-refractivity contribution in [2.24, 2.45) is 0 Å². The molecule has 0 radical (unpaired) electrons. The average molecular weight is 230 g/mol. The number of hydrogen-bond donors (Lipinski definition) is 2. The molecule has 0 aliphatic carbocycles. The molecule has 1 rings (SSSR count). The molecule has 3 nitrogen and oxygen atoms in total. The first-order chi connectivity index (χ1) is 6.99. The predicted molar refractivity (Wildman–Crippen MR) is 62.8 cm³/mol. The van der Waals surface area contributed by atoms with E-state index in [2.05, 4.69) is 5.32 Å². The minimum atomic E-state index is -0.858. The first kappa shape index (κ1) is 12.0. The normalized spacial score (nSPS) is 14.6. The van der Waals surface area contributed by atoms with Crippen LogP contribution in [-0.2, 0) is 10.8 Å². The monoisotopic (exact) mass is 230 g/mol. The van der Waals surface area contributed by atoms with Crippen molar-refractivity contribution in [3.8, 4) is 0 Å². The van der Waals surface area contributed by atoms with E-state index in [1.807, 2.05) is 6.92 Å². The van der Waals surface area contributed by atoms with E-state index in [4.69, 9.17) is 5.73 Å². The second-order valence-electron chi connectivity index (χ2n) is 3.52. The van der Waals surface area contributed by atoms with Crippen LogP contribution in [0.25, 0.3) is 0 Å². The van der Waals surface area contributed by atoms with Crippen LogP contribution >= 0.6 is 0 Å². The largest absolute Gasteiger partial charge is 0.397 e. The lowest BCUT2D eigenvalue weighted by molar-refractivity contribution is 0.628. The van der Waals surface area contributed by atoms with Crippen LogP contribution in [0, 0.1) is 5.82 Å². The first-order valence-corrected chi connectivity index (χ1v) is 6.33.